The number of rotatable bonds is 3. The largest absolute Gasteiger partial charge is 0.433 e. The number of hydrogen-bond donors (Lipinski definition) is 0. The van der Waals surface area contributed by atoms with E-state index in [1.54, 1.807) is 12.1 Å². The number of fused-ring (bicyclic) bond motifs is 1. The van der Waals surface area contributed by atoms with Crippen LogP contribution >= 0.6 is 27.5 Å². The zero-order valence-electron chi connectivity index (χ0n) is 12.2. The minimum absolute atomic E-state index is 0.0520. The van der Waals surface area contributed by atoms with Crippen LogP contribution < -0.4 is 4.74 Å². The average Bonchev–Trinajstić information content (AvgIpc) is 2.67. The van der Waals surface area contributed by atoms with E-state index in [1.807, 2.05) is 6.92 Å². The van der Waals surface area contributed by atoms with E-state index in [0.717, 1.165) is 28.1 Å². The van der Waals surface area contributed by atoms with E-state index in [1.165, 1.54) is 6.07 Å². The predicted molar refractivity (Wildman–Crippen MR) is 86.1 cm³/mol. The molecule has 1 atom stereocenters. The van der Waals surface area contributed by atoms with Crippen LogP contribution in [0.2, 0.25) is 5.02 Å². The summed E-state index contributed by atoms with van der Waals surface area (Å²) in [6, 6.07) is 4.68. The number of imidazole rings is 1. The standard InChI is InChI=1S/C15H14BrClF2N2O2/c1-8-7-21-11(4-5-22-8)13(16)20-14(21)9-2-3-12(10(17)6-9)23-15(18)19/h2-3,6,8,15H,4-5,7H2,1H3/t8-/m1/s1. The molecule has 4 nitrogen and oxygen atoms in total. The molecule has 2 aromatic rings. The maximum Gasteiger partial charge on any atom is 0.387 e. The Morgan fingerprint density at radius 1 is 1.48 bits per heavy atom. The van der Waals surface area contributed by atoms with Gasteiger partial charge >= 0.3 is 6.61 Å². The van der Waals surface area contributed by atoms with Crippen molar-refractivity contribution >= 4 is 27.5 Å². The molecule has 0 saturated carbocycles. The van der Waals surface area contributed by atoms with Crippen molar-refractivity contribution < 1.29 is 18.3 Å². The van der Waals surface area contributed by atoms with Crippen molar-refractivity contribution in [1.82, 2.24) is 9.55 Å². The molecule has 0 spiro atoms. The van der Waals surface area contributed by atoms with Crippen LogP contribution in [0.15, 0.2) is 22.8 Å². The van der Waals surface area contributed by atoms with Crippen LogP contribution in [-0.4, -0.2) is 28.9 Å². The molecule has 1 aliphatic rings. The Morgan fingerprint density at radius 2 is 2.26 bits per heavy atom. The summed E-state index contributed by atoms with van der Waals surface area (Å²) in [7, 11) is 0. The van der Waals surface area contributed by atoms with Gasteiger partial charge in [0.1, 0.15) is 16.2 Å². The quantitative estimate of drug-likeness (QED) is 0.750. The second-order valence-electron chi connectivity index (χ2n) is 5.24. The Labute approximate surface area is 145 Å². The van der Waals surface area contributed by atoms with Gasteiger partial charge in [0.2, 0.25) is 0 Å². The SMILES string of the molecule is C[C@@H]1Cn2c(-c3ccc(OC(F)F)c(Cl)c3)nc(Br)c2CCO1. The molecule has 0 amide bonds. The highest BCUT2D eigenvalue weighted by atomic mass is 79.9. The van der Waals surface area contributed by atoms with Crippen molar-refractivity contribution in [3.63, 3.8) is 0 Å². The minimum Gasteiger partial charge on any atom is -0.433 e. The van der Waals surface area contributed by atoms with Gasteiger partial charge in [-0.25, -0.2) is 4.98 Å². The highest BCUT2D eigenvalue weighted by molar-refractivity contribution is 9.10. The average molecular weight is 408 g/mol. The molecule has 0 aliphatic carbocycles. The molecule has 1 aliphatic heterocycles. The molecule has 0 bridgehead atoms. The number of alkyl halides is 2. The first-order valence-electron chi connectivity index (χ1n) is 7.07. The normalized spacial score (nSPS) is 17.9. The van der Waals surface area contributed by atoms with E-state index in [2.05, 4.69) is 30.2 Å². The fraction of sp³-hybridized carbons (Fsp3) is 0.400. The van der Waals surface area contributed by atoms with Crippen molar-refractivity contribution in [2.75, 3.05) is 6.61 Å². The van der Waals surface area contributed by atoms with Gasteiger partial charge in [0.15, 0.2) is 0 Å². The van der Waals surface area contributed by atoms with Crippen LogP contribution in [0.3, 0.4) is 0 Å². The molecule has 8 heteroatoms. The fourth-order valence-corrected chi connectivity index (χ4v) is 3.42. The van der Waals surface area contributed by atoms with Crippen LogP contribution in [0.4, 0.5) is 8.78 Å². The third-order valence-electron chi connectivity index (χ3n) is 3.61. The summed E-state index contributed by atoms with van der Waals surface area (Å²) in [6.45, 7) is 0.385. The summed E-state index contributed by atoms with van der Waals surface area (Å²) >= 11 is 9.52. The van der Waals surface area contributed by atoms with E-state index in [9.17, 15) is 8.78 Å². The number of benzene rings is 1. The van der Waals surface area contributed by atoms with E-state index >= 15 is 0 Å². The van der Waals surface area contributed by atoms with Crippen molar-refractivity contribution in [2.24, 2.45) is 0 Å². The Balaban J connectivity index is 2.01. The second kappa shape index (κ2) is 6.75. The number of hydrogen-bond acceptors (Lipinski definition) is 3. The van der Waals surface area contributed by atoms with Gasteiger partial charge in [-0.3, -0.25) is 0 Å². The van der Waals surface area contributed by atoms with Crippen molar-refractivity contribution in [3.8, 4) is 17.1 Å². The molecular formula is C15H14BrClF2N2O2. The summed E-state index contributed by atoms with van der Waals surface area (Å²) in [6.07, 6.45) is 0.811. The Bertz CT molecular complexity index is 724. The van der Waals surface area contributed by atoms with Crippen LogP contribution in [-0.2, 0) is 17.7 Å². The lowest BCUT2D eigenvalue weighted by molar-refractivity contribution is -0.0497. The van der Waals surface area contributed by atoms with Gasteiger partial charge in [-0.2, -0.15) is 8.78 Å². The molecule has 23 heavy (non-hydrogen) atoms. The zero-order chi connectivity index (χ0) is 16.6. The number of aromatic nitrogens is 2. The van der Waals surface area contributed by atoms with Crippen LogP contribution in [0.1, 0.15) is 12.6 Å². The van der Waals surface area contributed by atoms with Crippen molar-refractivity contribution in [3.05, 3.63) is 33.5 Å². The molecule has 1 aromatic carbocycles. The lowest BCUT2D eigenvalue weighted by Crippen LogP contribution is -2.15. The third kappa shape index (κ3) is 3.51. The molecule has 0 unspecified atom stereocenters. The van der Waals surface area contributed by atoms with Crippen molar-refractivity contribution in [2.45, 2.75) is 32.6 Å². The Morgan fingerprint density at radius 3 is 2.96 bits per heavy atom. The van der Waals surface area contributed by atoms with Crippen LogP contribution in [0.25, 0.3) is 11.4 Å². The van der Waals surface area contributed by atoms with Gasteiger partial charge in [-0.05, 0) is 41.1 Å². The first kappa shape index (κ1) is 16.7. The summed E-state index contributed by atoms with van der Waals surface area (Å²) in [5, 5.41) is 0.120. The lowest BCUT2D eigenvalue weighted by Gasteiger charge is -2.13. The van der Waals surface area contributed by atoms with E-state index < -0.39 is 6.61 Å². The molecular weight excluding hydrogens is 394 g/mol. The molecule has 2 heterocycles. The third-order valence-corrected chi connectivity index (χ3v) is 4.54. The molecule has 1 aromatic heterocycles. The summed E-state index contributed by atoms with van der Waals surface area (Å²) < 4.78 is 37.5. The molecule has 0 radical (unpaired) electrons. The maximum atomic E-state index is 12.3. The zero-order valence-corrected chi connectivity index (χ0v) is 14.6. The van der Waals surface area contributed by atoms with E-state index in [-0.39, 0.29) is 16.9 Å². The molecule has 3 rings (SSSR count). The lowest BCUT2D eigenvalue weighted by atomic mass is 10.2. The molecule has 0 saturated heterocycles. The summed E-state index contributed by atoms with van der Waals surface area (Å²) in [5.41, 5.74) is 1.78. The monoisotopic (exact) mass is 406 g/mol. The maximum absolute atomic E-state index is 12.3. The van der Waals surface area contributed by atoms with Gasteiger partial charge in [0.05, 0.1) is 30.0 Å². The smallest absolute Gasteiger partial charge is 0.387 e. The second-order valence-corrected chi connectivity index (χ2v) is 6.40. The highest BCUT2D eigenvalue weighted by Crippen LogP contribution is 2.33. The number of nitrogens with zero attached hydrogens (tertiary/aromatic N) is 2. The van der Waals surface area contributed by atoms with Gasteiger partial charge in [-0.1, -0.05) is 11.6 Å². The number of halogens is 4. The predicted octanol–water partition coefficient (Wildman–Crippen LogP) is 4.53. The van der Waals surface area contributed by atoms with Crippen molar-refractivity contribution in [1.29, 1.82) is 0 Å². The van der Waals surface area contributed by atoms with Gasteiger partial charge in [0, 0.05) is 12.0 Å². The molecule has 0 N–H and O–H groups in total. The van der Waals surface area contributed by atoms with Gasteiger partial charge in [-0.15, -0.1) is 0 Å². The summed E-state index contributed by atoms with van der Waals surface area (Å²) in [5.74, 6) is 0.665. The Hall–Kier alpha value is -1.18. The first-order valence-corrected chi connectivity index (χ1v) is 8.24. The first-order chi connectivity index (χ1) is 11.0. The highest BCUT2D eigenvalue weighted by Gasteiger charge is 2.22. The molecule has 124 valence electrons. The van der Waals surface area contributed by atoms with Gasteiger partial charge in [0.25, 0.3) is 0 Å². The van der Waals surface area contributed by atoms with E-state index in [4.69, 9.17) is 16.3 Å². The minimum atomic E-state index is -2.91. The summed E-state index contributed by atoms with van der Waals surface area (Å²) in [4.78, 5) is 4.55. The van der Waals surface area contributed by atoms with Crippen LogP contribution in [0.5, 0.6) is 5.75 Å². The van der Waals surface area contributed by atoms with Crippen LogP contribution in [0, 0.1) is 0 Å². The van der Waals surface area contributed by atoms with Gasteiger partial charge < -0.3 is 14.0 Å². The van der Waals surface area contributed by atoms with E-state index in [0.29, 0.717) is 13.2 Å². The molecule has 0 fully saturated rings. The topological polar surface area (TPSA) is 36.3 Å². The Kier molecular flexibility index (Phi) is 4.89. The fourth-order valence-electron chi connectivity index (χ4n) is 2.61. The number of ether oxygens (including phenoxy) is 2.